The van der Waals surface area contributed by atoms with Crippen LogP contribution in [0.5, 0.6) is 0 Å². The third kappa shape index (κ3) is 1.95. The highest BCUT2D eigenvalue weighted by atomic mass is 19.1. The fraction of sp³-hybridized carbons (Fsp3) is 0.438. The number of ether oxygens (including phenoxy) is 1. The van der Waals surface area contributed by atoms with E-state index in [2.05, 4.69) is 9.88 Å². The Hall–Kier alpha value is -1.88. The number of nitrogens with two attached hydrogens (primary N) is 1. The van der Waals surface area contributed by atoms with E-state index in [1.807, 2.05) is 12.1 Å². The van der Waals surface area contributed by atoms with Gasteiger partial charge in [-0.15, -0.1) is 0 Å². The summed E-state index contributed by atoms with van der Waals surface area (Å²) in [5.74, 6) is -0.286. The minimum atomic E-state index is -0.286. The van der Waals surface area contributed by atoms with Gasteiger partial charge in [-0.3, -0.25) is 4.98 Å². The zero-order valence-corrected chi connectivity index (χ0v) is 11.8. The van der Waals surface area contributed by atoms with Crippen molar-refractivity contribution in [1.82, 2.24) is 4.98 Å². The third-order valence-electron chi connectivity index (χ3n) is 4.62. The van der Waals surface area contributed by atoms with E-state index in [1.54, 1.807) is 6.20 Å². The lowest BCUT2D eigenvalue weighted by molar-refractivity contribution is 0.0255. The van der Waals surface area contributed by atoms with Crippen LogP contribution in [0.1, 0.15) is 19.3 Å². The first-order chi connectivity index (χ1) is 10.3. The number of benzene rings is 1. The minimum absolute atomic E-state index is 0.217. The van der Waals surface area contributed by atoms with Crippen LogP contribution in [-0.2, 0) is 4.74 Å². The molecule has 2 atom stereocenters. The first-order valence-electron chi connectivity index (χ1n) is 7.46. The Bertz CT molecular complexity index is 691. The van der Waals surface area contributed by atoms with Crippen LogP contribution < -0.4 is 10.6 Å². The molecule has 4 rings (SSSR count). The highest BCUT2D eigenvalue weighted by Gasteiger charge is 2.38. The SMILES string of the molecule is Nc1cc(F)c(N2CCOC3CCCC32)c2ncccc12. The summed E-state index contributed by atoms with van der Waals surface area (Å²) in [6, 6.07) is 5.39. The average molecular weight is 287 g/mol. The number of halogens is 1. The standard InChI is InChI=1S/C16H18FN3O/c17-11-9-12(18)10-3-2-6-19-15(10)16(11)20-7-8-21-14-5-1-4-13(14)20/h2-3,6,9,13-14H,1,4-5,7-8,18H2. The Balaban J connectivity index is 1.89. The van der Waals surface area contributed by atoms with Crippen LogP contribution in [0.3, 0.4) is 0 Å². The van der Waals surface area contributed by atoms with Crippen molar-refractivity contribution < 1.29 is 9.13 Å². The summed E-state index contributed by atoms with van der Waals surface area (Å²) >= 11 is 0. The van der Waals surface area contributed by atoms with E-state index >= 15 is 0 Å². The van der Waals surface area contributed by atoms with Crippen molar-refractivity contribution in [2.24, 2.45) is 0 Å². The molecule has 110 valence electrons. The fourth-order valence-corrected chi connectivity index (χ4v) is 3.70. The molecule has 2 fully saturated rings. The van der Waals surface area contributed by atoms with Crippen LogP contribution in [0.25, 0.3) is 10.9 Å². The van der Waals surface area contributed by atoms with Crippen molar-refractivity contribution in [3.8, 4) is 0 Å². The second-order valence-electron chi connectivity index (χ2n) is 5.80. The first kappa shape index (κ1) is 12.8. The van der Waals surface area contributed by atoms with Gasteiger partial charge in [0.25, 0.3) is 0 Å². The summed E-state index contributed by atoms with van der Waals surface area (Å²) in [5.41, 5.74) is 7.62. The number of morpholine rings is 1. The zero-order valence-electron chi connectivity index (χ0n) is 11.8. The summed E-state index contributed by atoms with van der Waals surface area (Å²) in [6.45, 7) is 1.34. The van der Waals surface area contributed by atoms with Gasteiger partial charge in [-0.05, 0) is 37.5 Å². The van der Waals surface area contributed by atoms with Crippen molar-refractivity contribution >= 4 is 22.3 Å². The molecular formula is C16H18FN3O. The molecule has 2 aliphatic rings. The van der Waals surface area contributed by atoms with Gasteiger partial charge in [0.1, 0.15) is 5.69 Å². The molecular weight excluding hydrogens is 269 g/mol. The van der Waals surface area contributed by atoms with Crippen LogP contribution in [0.2, 0.25) is 0 Å². The van der Waals surface area contributed by atoms with E-state index in [1.165, 1.54) is 6.07 Å². The number of hydrogen-bond donors (Lipinski definition) is 1. The van der Waals surface area contributed by atoms with E-state index in [0.717, 1.165) is 24.6 Å². The molecule has 1 aromatic carbocycles. The van der Waals surface area contributed by atoms with Gasteiger partial charge in [0, 0.05) is 23.8 Å². The molecule has 5 heteroatoms. The Morgan fingerprint density at radius 1 is 1.38 bits per heavy atom. The third-order valence-corrected chi connectivity index (χ3v) is 4.62. The lowest BCUT2D eigenvalue weighted by Gasteiger charge is -2.39. The molecule has 2 aromatic rings. The first-order valence-corrected chi connectivity index (χ1v) is 7.46. The maximum Gasteiger partial charge on any atom is 0.150 e. The molecule has 4 nitrogen and oxygen atoms in total. The maximum atomic E-state index is 14.6. The predicted molar refractivity (Wildman–Crippen MR) is 80.8 cm³/mol. The Labute approximate surface area is 122 Å². The monoisotopic (exact) mass is 287 g/mol. The van der Waals surface area contributed by atoms with E-state index < -0.39 is 0 Å². The van der Waals surface area contributed by atoms with Crippen LogP contribution in [-0.4, -0.2) is 30.3 Å². The molecule has 2 unspecified atom stereocenters. The van der Waals surface area contributed by atoms with Gasteiger partial charge < -0.3 is 15.4 Å². The molecule has 1 saturated carbocycles. The van der Waals surface area contributed by atoms with Crippen LogP contribution in [0.15, 0.2) is 24.4 Å². The van der Waals surface area contributed by atoms with Gasteiger partial charge >= 0.3 is 0 Å². The lowest BCUT2D eigenvalue weighted by Crippen LogP contribution is -2.49. The number of fused-ring (bicyclic) bond motifs is 2. The number of aromatic nitrogens is 1. The van der Waals surface area contributed by atoms with Crippen LogP contribution in [0.4, 0.5) is 15.8 Å². The van der Waals surface area contributed by atoms with E-state index in [-0.39, 0.29) is 18.0 Å². The molecule has 1 aliphatic carbocycles. The van der Waals surface area contributed by atoms with Crippen molar-refractivity contribution in [2.75, 3.05) is 23.8 Å². The number of anilines is 2. The van der Waals surface area contributed by atoms with Gasteiger partial charge in [-0.25, -0.2) is 4.39 Å². The second-order valence-corrected chi connectivity index (χ2v) is 5.80. The van der Waals surface area contributed by atoms with Crippen molar-refractivity contribution in [3.05, 3.63) is 30.2 Å². The molecule has 1 aromatic heterocycles. The van der Waals surface area contributed by atoms with Gasteiger partial charge in [0.05, 0.1) is 24.3 Å². The summed E-state index contributed by atoms with van der Waals surface area (Å²) in [7, 11) is 0. The summed E-state index contributed by atoms with van der Waals surface area (Å²) in [4.78, 5) is 6.53. The van der Waals surface area contributed by atoms with Crippen molar-refractivity contribution in [2.45, 2.75) is 31.4 Å². The lowest BCUT2D eigenvalue weighted by atomic mass is 10.1. The summed E-state index contributed by atoms with van der Waals surface area (Å²) in [5, 5.41) is 0.815. The van der Waals surface area contributed by atoms with E-state index in [0.29, 0.717) is 30.0 Å². The Morgan fingerprint density at radius 3 is 3.19 bits per heavy atom. The molecule has 0 spiro atoms. The predicted octanol–water partition coefficient (Wildman–Crippen LogP) is 2.71. The number of nitrogens with zero attached hydrogens (tertiary/aromatic N) is 2. The van der Waals surface area contributed by atoms with Gasteiger partial charge in [0.15, 0.2) is 5.82 Å². The van der Waals surface area contributed by atoms with E-state index in [4.69, 9.17) is 10.5 Å². The van der Waals surface area contributed by atoms with E-state index in [9.17, 15) is 4.39 Å². The van der Waals surface area contributed by atoms with Gasteiger partial charge in [-0.1, -0.05) is 0 Å². The smallest absolute Gasteiger partial charge is 0.150 e. The highest BCUT2D eigenvalue weighted by Crippen LogP contribution is 2.38. The number of hydrogen-bond acceptors (Lipinski definition) is 4. The molecule has 2 N–H and O–H groups in total. The fourth-order valence-electron chi connectivity index (χ4n) is 3.70. The van der Waals surface area contributed by atoms with Gasteiger partial charge in [-0.2, -0.15) is 0 Å². The van der Waals surface area contributed by atoms with Gasteiger partial charge in [0.2, 0.25) is 0 Å². The molecule has 0 bridgehead atoms. The Kier molecular flexibility index (Phi) is 2.96. The molecule has 21 heavy (non-hydrogen) atoms. The summed E-state index contributed by atoms with van der Waals surface area (Å²) in [6.07, 6.45) is 5.14. The molecule has 0 amide bonds. The maximum absolute atomic E-state index is 14.6. The number of nitrogen functional groups attached to an aromatic ring is 1. The normalized spacial score (nSPS) is 25.3. The van der Waals surface area contributed by atoms with Crippen molar-refractivity contribution in [3.63, 3.8) is 0 Å². The number of rotatable bonds is 1. The highest BCUT2D eigenvalue weighted by molar-refractivity contribution is 5.99. The summed E-state index contributed by atoms with van der Waals surface area (Å²) < 4.78 is 20.4. The van der Waals surface area contributed by atoms with Crippen molar-refractivity contribution in [1.29, 1.82) is 0 Å². The topological polar surface area (TPSA) is 51.4 Å². The average Bonchev–Trinajstić information content (AvgIpc) is 2.96. The second kappa shape index (κ2) is 4.84. The Morgan fingerprint density at radius 2 is 2.29 bits per heavy atom. The molecule has 1 saturated heterocycles. The largest absolute Gasteiger partial charge is 0.398 e. The minimum Gasteiger partial charge on any atom is -0.398 e. The molecule has 2 heterocycles. The van der Waals surface area contributed by atoms with Crippen LogP contribution >= 0.6 is 0 Å². The quantitative estimate of drug-likeness (QED) is 0.819. The molecule has 1 aliphatic heterocycles. The molecule has 0 radical (unpaired) electrons. The number of pyridine rings is 1. The van der Waals surface area contributed by atoms with Crippen LogP contribution in [0, 0.1) is 5.82 Å². The zero-order chi connectivity index (χ0) is 14.4.